The predicted octanol–water partition coefficient (Wildman–Crippen LogP) is 3.27. The van der Waals surface area contributed by atoms with Crippen molar-refractivity contribution in [2.45, 2.75) is 13.3 Å². The summed E-state index contributed by atoms with van der Waals surface area (Å²) in [6.07, 6.45) is 1.84. The minimum Gasteiger partial charge on any atom is -0.368 e. The van der Waals surface area contributed by atoms with Gasteiger partial charge in [-0.15, -0.1) is 0 Å². The van der Waals surface area contributed by atoms with Crippen LogP contribution in [0.15, 0.2) is 48.7 Å². The number of nitrogens with two attached hydrogens (primary N) is 1. The Bertz CT molecular complexity index is 966. The molecule has 0 radical (unpaired) electrons. The molecule has 2 heterocycles. The molecule has 0 spiro atoms. The fourth-order valence-corrected chi connectivity index (χ4v) is 2.89. The third kappa shape index (κ3) is 3.01. The summed E-state index contributed by atoms with van der Waals surface area (Å²) in [4.78, 5) is 20.5. The number of nitrogens with zero attached hydrogens (tertiary/aromatic N) is 2. The molecule has 0 saturated carbocycles. The second-order valence-corrected chi connectivity index (χ2v) is 6.08. The van der Waals surface area contributed by atoms with Crippen LogP contribution >= 0.6 is 0 Å². The summed E-state index contributed by atoms with van der Waals surface area (Å²) < 4.78 is 0. The van der Waals surface area contributed by atoms with Crippen molar-refractivity contribution in [2.24, 2.45) is 0 Å². The van der Waals surface area contributed by atoms with Gasteiger partial charge in [0.2, 0.25) is 11.9 Å². The van der Waals surface area contributed by atoms with Gasteiger partial charge in [-0.2, -0.15) is 0 Å². The molecule has 0 bridgehead atoms. The maximum absolute atomic E-state index is 12.2. The molecule has 2 aromatic carbocycles. The highest BCUT2D eigenvalue weighted by Crippen LogP contribution is 2.35. The number of nitrogen functional groups attached to an aromatic ring is 1. The van der Waals surface area contributed by atoms with Gasteiger partial charge in [0, 0.05) is 28.7 Å². The molecule has 4 rings (SSSR count). The third-order valence-electron chi connectivity index (χ3n) is 4.12. The minimum absolute atomic E-state index is 0.0964. The molecular formula is C19H17N5O. The number of anilines is 4. The molecule has 1 aliphatic heterocycles. The van der Waals surface area contributed by atoms with Crippen LogP contribution in [0, 0.1) is 6.92 Å². The second-order valence-electron chi connectivity index (χ2n) is 6.08. The molecule has 3 aromatic rings. The molecule has 6 heteroatoms. The molecule has 124 valence electrons. The highest BCUT2D eigenvalue weighted by Gasteiger charge is 2.21. The molecule has 25 heavy (non-hydrogen) atoms. The molecule has 6 nitrogen and oxygen atoms in total. The fraction of sp³-hybridized carbons (Fsp3) is 0.105. The van der Waals surface area contributed by atoms with E-state index in [0.29, 0.717) is 11.4 Å². The SMILES string of the molecule is Cc1ccc(Nc2ccc3c(c2)NC(=O)Cc2cnc(N)nc2-3)cc1. The van der Waals surface area contributed by atoms with E-state index in [-0.39, 0.29) is 18.3 Å². The van der Waals surface area contributed by atoms with Crippen LogP contribution in [0.5, 0.6) is 0 Å². The number of nitrogens with one attached hydrogen (secondary N) is 2. The van der Waals surface area contributed by atoms with Gasteiger partial charge in [0.05, 0.1) is 17.8 Å². The maximum Gasteiger partial charge on any atom is 0.228 e. The zero-order chi connectivity index (χ0) is 17.4. The number of carbonyl (C=O) groups is 1. The smallest absolute Gasteiger partial charge is 0.228 e. The lowest BCUT2D eigenvalue weighted by Crippen LogP contribution is -2.13. The van der Waals surface area contributed by atoms with Gasteiger partial charge in [-0.1, -0.05) is 17.7 Å². The van der Waals surface area contributed by atoms with Crippen LogP contribution in [0.1, 0.15) is 11.1 Å². The zero-order valence-electron chi connectivity index (χ0n) is 13.7. The van der Waals surface area contributed by atoms with E-state index in [9.17, 15) is 4.79 Å². The summed E-state index contributed by atoms with van der Waals surface area (Å²) >= 11 is 0. The minimum atomic E-state index is -0.0964. The molecule has 0 unspecified atom stereocenters. The zero-order valence-corrected chi connectivity index (χ0v) is 13.7. The first-order chi connectivity index (χ1) is 12.1. The topological polar surface area (TPSA) is 92.9 Å². The number of aryl methyl sites for hydroxylation is 1. The van der Waals surface area contributed by atoms with Gasteiger partial charge in [-0.25, -0.2) is 9.97 Å². The summed E-state index contributed by atoms with van der Waals surface area (Å²) in [6.45, 7) is 2.05. The molecule has 0 aliphatic carbocycles. The monoisotopic (exact) mass is 331 g/mol. The lowest BCUT2D eigenvalue weighted by atomic mass is 10.0. The summed E-state index contributed by atoms with van der Waals surface area (Å²) in [5.74, 6) is 0.0989. The average molecular weight is 331 g/mol. The third-order valence-corrected chi connectivity index (χ3v) is 4.12. The largest absolute Gasteiger partial charge is 0.368 e. The van der Waals surface area contributed by atoms with Crippen molar-refractivity contribution in [3.8, 4) is 11.3 Å². The van der Waals surface area contributed by atoms with Crippen LogP contribution in [0.4, 0.5) is 23.0 Å². The number of fused-ring (bicyclic) bond motifs is 3. The Morgan fingerprint density at radius 1 is 1.12 bits per heavy atom. The van der Waals surface area contributed by atoms with E-state index >= 15 is 0 Å². The molecule has 1 aliphatic rings. The molecule has 0 fully saturated rings. The average Bonchev–Trinajstić information content (AvgIpc) is 2.72. The van der Waals surface area contributed by atoms with Gasteiger partial charge in [0.15, 0.2) is 0 Å². The van der Waals surface area contributed by atoms with E-state index in [4.69, 9.17) is 5.73 Å². The Morgan fingerprint density at radius 3 is 2.68 bits per heavy atom. The van der Waals surface area contributed by atoms with Gasteiger partial charge >= 0.3 is 0 Å². The molecule has 4 N–H and O–H groups in total. The summed E-state index contributed by atoms with van der Waals surface area (Å²) in [7, 11) is 0. The van der Waals surface area contributed by atoms with Gasteiger partial charge in [0.25, 0.3) is 0 Å². The number of carbonyl (C=O) groups excluding carboxylic acids is 1. The quantitative estimate of drug-likeness (QED) is 0.670. The number of rotatable bonds is 2. The van der Waals surface area contributed by atoms with Crippen molar-refractivity contribution >= 4 is 28.9 Å². The van der Waals surface area contributed by atoms with Crippen LogP contribution in [-0.2, 0) is 11.2 Å². The van der Waals surface area contributed by atoms with Crippen LogP contribution in [0.3, 0.4) is 0 Å². The Labute approximate surface area is 145 Å². The normalized spacial score (nSPS) is 12.6. The van der Waals surface area contributed by atoms with Gasteiger partial charge < -0.3 is 16.4 Å². The van der Waals surface area contributed by atoms with Gasteiger partial charge in [-0.3, -0.25) is 4.79 Å². The van der Waals surface area contributed by atoms with Crippen molar-refractivity contribution in [1.82, 2.24) is 9.97 Å². The van der Waals surface area contributed by atoms with E-state index < -0.39 is 0 Å². The Kier molecular flexibility index (Phi) is 3.57. The van der Waals surface area contributed by atoms with E-state index in [1.807, 2.05) is 49.4 Å². The summed E-state index contributed by atoms with van der Waals surface area (Å²) in [5.41, 5.74) is 11.8. The number of benzene rings is 2. The van der Waals surface area contributed by atoms with Crippen molar-refractivity contribution in [3.05, 3.63) is 59.8 Å². The Balaban J connectivity index is 1.74. The van der Waals surface area contributed by atoms with Crippen molar-refractivity contribution in [1.29, 1.82) is 0 Å². The lowest BCUT2D eigenvalue weighted by molar-refractivity contribution is -0.115. The first-order valence-corrected chi connectivity index (χ1v) is 7.98. The van der Waals surface area contributed by atoms with Crippen LogP contribution in [0.2, 0.25) is 0 Å². The maximum atomic E-state index is 12.2. The molecule has 0 atom stereocenters. The van der Waals surface area contributed by atoms with Crippen molar-refractivity contribution < 1.29 is 4.79 Å². The van der Waals surface area contributed by atoms with Crippen LogP contribution in [0.25, 0.3) is 11.3 Å². The number of hydrogen-bond acceptors (Lipinski definition) is 5. The first-order valence-electron chi connectivity index (χ1n) is 7.98. The Morgan fingerprint density at radius 2 is 1.88 bits per heavy atom. The highest BCUT2D eigenvalue weighted by atomic mass is 16.1. The van der Waals surface area contributed by atoms with Gasteiger partial charge in [0.1, 0.15) is 0 Å². The van der Waals surface area contributed by atoms with E-state index in [2.05, 4.69) is 20.6 Å². The fourth-order valence-electron chi connectivity index (χ4n) is 2.89. The summed E-state index contributed by atoms with van der Waals surface area (Å²) in [5, 5.41) is 6.28. The highest BCUT2D eigenvalue weighted by molar-refractivity contribution is 6.00. The van der Waals surface area contributed by atoms with E-state index in [1.54, 1.807) is 6.20 Å². The van der Waals surface area contributed by atoms with E-state index in [0.717, 1.165) is 22.5 Å². The Hall–Kier alpha value is -3.41. The first kappa shape index (κ1) is 15.1. The molecule has 1 amide bonds. The van der Waals surface area contributed by atoms with Crippen LogP contribution in [-0.4, -0.2) is 15.9 Å². The molecule has 1 aromatic heterocycles. The van der Waals surface area contributed by atoms with Gasteiger partial charge in [-0.05, 0) is 37.3 Å². The second kappa shape index (κ2) is 5.90. The van der Waals surface area contributed by atoms with Crippen molar-refractivity contribution in [3.63, 3.8) is 0 Å². The standard InChI is InChI=1S/C19H17N5O/c1-11-2-4-13(5-3-11)22-14-6-7-15-16(9-14)23-17(25)8-12-10-21-19(20)24-18(12)15/h2-7,9-10,22H,8H2,1H3,(H,23,25)(H2,20,21,24). The lowest BCUT2D eigenvalue weighted by Gasteiger charge is -2.12. The number of hydrogen-bond donors (Lipinski definition) is 3. The van der Waals surface area contributed by atoms with Crippen LogP contribution < -0.4 is 16.4 Å². The van der Waals surface area contributed by atoms with E-state index in [1.165, 1.54) is 5.56 Å². The summed E-state index contributed by atoms with van der Waals surface area (Å²) in [6, 6.07) is 13.9. The number of amides is 1. The molecular weight excluding hydrogens is 314 g/mol. The molecule has 0 saturated heterocycles. The predicted molar refractivity (Wildman–Crippen MR) is 98.7 cm³/mol. The van der Waals surface area contributed by atoms with Crippen molar-refractivity contribution in [2.75, 3.05) is 16.4 Å². The number of aromatic nitrogens is 2.